The maximum Gasteiger partial charge on any atom is 0.417 e. The van der Waals surface area contributed by atoms with Crippen molar-refractivity contribution in [1.82, 2.24) is 10.2 Å². The summed E-state index contributed by atoms with van der Waals surface area (Å²) in [4.78, 5) is 28.2. The second-order valence-corrected chi connectivity index (χ2v) is 12.4. The number of carbonyl (C=O) groups excluding carboxylic acids is 2. The molecule has 1 atom stereocenters. The van der Waals surface area contributed by atoms with Gasteiger partial charge in [-0.3, -0.25) is 13.9 Å². The lowest BCUT2D eigenvalue weighted by Gasteiger charge is -2.32. The molecule has 0 aliphatic heterocycles. The Bertz CT molecular complexity index is 1500. The van der Waals surface area contributed by atoms with Crippen LogP contribution in [0.5, 0.6) is 0 Å². The van der Waals surface area contributed by atoms with E-state index >= 15 is 0 Å². The molecule has 0 unspecified atom stereocenters. The number of hydrogen-bond acceptors (Lipinski definition) is 4. The van der Waals surface area contributed by atoms with Gasteiger partial charge >= 0.3 is 6.18 Å². The fourth-order valence-corrected chi connectivity index (χ4v) is 6.54. The van der Waals surface area contributed by atoms with E-state index in [2.05, 4.69) is 5.32 Å². The third-order valence-electron chi connectivity index (χ3n) is 7.22. The summed E-state index contributed by atoms with van der Waals surface area (Å²) in [6.45, 7) is 0.668. The van der Waals surface area contributed by atoms with Crippen molar-refractivity contribution in [2.45, 2.75) is 62.3 Å². The van der Waals surface area contributed by atoms with Crippen LogP contribution in [0.25, 0.3) is 0 Å². The summed E-state index contributed by atoms with van der Waals surface area (Å²) in [6.07, 6.45) is -1.25. The van der Waals surface area contributed by atoms with Crippen molar-refractivity contribution in [2.75, 3.05) is 10.8 Å². The highest BCUT2D eigenvalue weighted by Gasteiger charge is 2.37. The van der Waals surface area contributed by atoms with Gasteiger partial charge in [0.25, 0.3) is 10.0 Å². The molecule has 42 heavy (non-hydrogen) atoms. The van der Waals surface area contributed by atoms with Gasteiger partial charge in [0.1, 0.15) is 12.6 Å². The van der Waals surface area contributed by atoms with Crippen molar-refractivity contribution in [1.29, 1.82) is 0 Å². The number of anilines is 1. The van der Waals surface area contributed by atoms with E-state index in [-0.39, 0.29) is 17.5 Å². The van der Waals surface area contributed by atoms with Gasteiger partial charge in [0.15, 0.2) is 0 Å². The number of hydrogen-bond donors (Lipinski definition) is 1. The van der Waals surface area contributed by atoms with Crippen LogP contribution in [-0.2, 0) is 32.3 Å². The van der Waals surface area contributed by atoms with E-state index in [1.165, 1.54) is 29.2 Å². The monoisotopic (exact) mass is 621 g/mol. The lowest BCUT2D eigenvalue weighted by Crippen LogP contribution is -2.52. The molecular weight excluding hydrogens is 591 g/mol. The summed E-state index contributed by atoms with van der Waals surface area (Å²) in [5, 5.41) is 2.35. The summed E-state index contributed by atoms with van der Waals surface area (Å²) < 4.78 is 69.4. The molecule has 1 saturated carbocycles. The molecule has 1 aliphatic rings. The molecule has 12 heteroatoms. The van der Waals surface area contributed by atoms with Gasteiger partial charge in [-0.15, -0.1) is 0 Å². The van der Waals surface area contributed by atoms with E-state index in [1.807, 2.05) is 0 Å². The standard InChI is InChI=1S/C30H31ClF3N3O4S/c1-21(29(39)35-23-12-8-9-13-23)36(19-22-10-4-2-5-11-22)28(38)20-37(42(40,41)25-14-6-3-7-15-25)24-16-17-27(31)26(18-24)30(32,33)34/h2-7,10-11,14-18,21,23H,8-9,12-13,19-20H2,1H3,(H,35,39)/t21-/m1/s1. The van der Waals surface area contributed by atoms with Gasteiger partial charge < -0.3 is 10.2 Å². The molecule has 0 bridgehead atoms. The molecule has 224 valence electrons. The van der Waals surface area contributed by atoms with E-state index in [1.54, 1.807) is 43.3 Å². The van der Waals surface area contributed by atoms with E-state index in [0.29, 0.717) is 15.9 Å². The topological polar surface area (TPSA) is 86.8 Å². The first-order valence-corrected chi connectivity index (χ1v) is 15.3. The molecule has 0 spiro atoms. The Hall–Kier alpha value is -3.57. The summed E-state index contributed by atoms with van der Waals surface area (Å²) in [5.41, 5.74) is -0.950. The molecular formula is C30H31ClF3N3O4S. The second-order valence-electron chi connectivity index (χ2n) is 10.2. The van der Waals surface area contributed by atoms with Gasteiger partial charge in [-0.1, -0.05) is 73.0 Å². The molecule has 1 aliphatic carbocycles. The molecule has 0 aromatic heterocycles. The largest absolute Gasteiger partial charge is 0.417 e. The van der Waals surface area contributed by atoms with Crippen LogP contribution in [0.2, 0.25) is 5.02 Å². The van der Waals surface area contributed by atoms with E-state index in [9.17, 15) is 31.2 Å². The van der Waals surface area contributed by atoms with Crippen LogP contribution < -0.4 is 9.62 Å². The first kappa shape index (κ1) is 31.4. The van der Waals surface area contributed by atoms with Crippen LogP contribution in [0.15, 0.2) is 83.8 Å². The first-order chi connectivity index (χ1) is 19.9. The molecule has 4 rings (SSSR count). The number of halogens is 4. The zero-order valence-corrected chi connectivity index (χ0v) is 24.4. The Morgan fingerprint density at radius 1 is 0.976 bits per heavy atom. The molecule has 0 saturated heterocycles. The van der Waals surface area contributed by atoms with Crippen molar-refractivity contribution >= 4 is 39.1 Å². The van der Waals surface area contributed by atoms with Crippen LogP contribution in [0.1, 0.15) is 43.7 Å². The predicted octanol–water partition coefficient (Wildman–Crippen LogP) is 6.03. The van der Waals surface area contributed by atoms with Crippen molar-refractivity contribution in [3.8, 4) is 0 Å². The average Bonchev–Trinajstić information content (AvgIpc) is 3.48. The summed E-state index contributed by atoms with van der Waals surface area (Å²) in [5.74, 6) is -1.16. The van der Waals surface area contributed by atoms with E-state index < -0.39 is 56.9 Å². The molecule has 1 N–H and O–H groups in total. The first-order valence-electron chi connectivity index (χ1n) is 13.5. The Balaban J connectivity index is 1.73. The van der Waals surface area contributed by atoms with Crippen LogP contribution in [0.4, 0.5) is 18.9 Å². The third kappa shape index (κ3) is 7.43. The minimum absolute atomic E-state index is 0.0153. The molecule has 3 aromatic rings. The predicted molar refractivity (Wildman–Crippen MR) is 154 cm³/mol. The molecule has 1 fully saturated rings. The van der Waals surface area contributed by atoms with Gasteiger partial charge in [-0.05, 0) is 55.7 Å². The number of rotatable bonds is 10. The Morgan fingerprint density at radius 3 is 2.17 bits per heavy atom. The van der Waals surface area contributed by atoms with Crippen molar-refractivity contribution in [3.63, 3.8) is 0 Å². The average molecular weight is 622 g/mol. The lowest BCUT2D eigenvalue weighted by atomic mass is 10.1. The zero-order chi connectivity index (χ0) is 30.5. The van der Waals surface area contributed by atoms with Crippen molar-refractivity contribution < 1.29 is 31.2 Å². The molecule has 0 radical (unpaired) electrons. The Morgan fingerprint density at radius 2 is 1.57 bits per heavy atom. The number of amides is 2. The molecule has 3 aromatic carbocycles. The summed E-state index contributed by atoms with van der Waals surface area (Å²) in [6, 6.07) is 17.6. The van der Waals surface area contributed by atoms with Gasteiger partial charge in [0.2, 0.25) is 11.8 Å². The summed E-state index contributed by atoms with van der Waals surface area (Å²) in [7, 11) is -4.52. The quantitative estimate of drug-likeness (QED) is 0.300. The number of nitrogens with zero attached hydrogens (tertiary/aromatic N) is 2. The fourth-order valence-electron chi connectivity index (χ4n) is 4.89. The number of alkyl halides is 3. The smallest absolute Gasteiger partial charge is 0.352 e. The van der Waals surface area contributed by atoms with Crippen LogP contribution >= 0.6 is 11.6 Å². The lowest BCUT2D eigenvalue weighted by molar-refractivity contribution is -0.139. The molecule has 7 nitrogen and oxygen atoms in total. The Labute approximate surface area is 248 Å². The van der Waals surface area contributed by atoms with Crippen molar-refractivity contribution in [2.24, 2.45) is 0 Å². The van der Waals surface area contributed by atoms with Gasteiger partial charge in [0.05, 0.1) is 21.2 Å². The number of nitrogens with one attached hydrogen (secondary N) is 1. The van der Waals surface area contributed by atoms with Crippen LogP contribution in [0, 0.1) is 0 Å². The molecule has 0 heterocycles. The van der Waals surface area contributed by atoms with E-state index in [0.717, 1.165) is 37.8 Å². The highest BCUT2D eigenvalue weighted by atomic mass is 35.5. The summed E-state index contributed by atoms with van der Waals surface area (Å²) >= 11 is 5.80. The number of sulfonamides is 1. The van der Waals surface area contributed by atoms with Crippen LogP contribution in [0.3, 0.4) is 0 Å². The molecule has 2 amide bonds. The maximum atomic E-state index is 13.9. The van der Waals surface area contributed by atoms with Gasteiger partial charge in [-0.2, -0.15) is 13.2 Å². The fraction of sp³-hybridized carbons (Fsp3) is 0.333. The number of benzene rings is 3. The van der Waals surface area contributed by atoms with E-state index in [4.69, 9.17) is 11.6 Å². The maximum absolute atomic E-state index is 13.9. The van der Waals surface area contributed by atoms with Crippen molar-refractivity contribution in [3.05, 3.63) is 95.0 Å². The minimum atomic E-state index is -4.87. The Kier molecular flexibility index (Phi) is 9.83. The number of carbonyl (C=O) groups is 2. The van der Waals surface area contributed by atoms with Gasteiger partial charge in [0, 0.05) is 12.6 Å². The zero-order valence-electron chi connectivity index (χ0n) is 22.9. The minimum Gasteiger partial charge on any atom is -0.352 e. The highest BCUT2D eigenvalue weighted by molar-refractivity contribution is 7.92. The van der Waals surface area contributed by atoms with Gasteiger partial charge in [-0.25, -0.2) is 8.42 Å². The third-order valence-corrected chi connectivity index (χ3v) is 9.34. The normalized spacial score (nSPS) is 14.8. The van der Waals surface area contributed by atoms with Crippen LogP contribution in [-0.4, -0.2) is 43.8 Å². The highest BCUT2D eigenvalue weighted by Crippen LogP contribution is 2.38. The SMILES string of the molecule is C[C@H](C(=O)NC1CCCC1)N(Cc1ccccc1)C(=O)CN(c1ccc(Cl)c(C(F)(F)F)c1)S(=O)(=O)c1ccccc1. The second kappa shape index (κ2) is 13.2.